The maximum Gasteiger partial charge on any atom is 0.349 e. The van der Waals surface area contributed by atoms with Gasteiger partial charge in [0, 0.05) is 11.6 Å². The average molecular weight is 359 g/mol. The van der Waals surface area contributed by atoms with Gasteiger partial charge in [0.05, 0.1) is 18.7 Å². The van der Waals surface area contributed by atoms with Crippen LogP contribution < -0.4 is 14.2 Å². The lowest BCUT2D eigenvalue weighted by atomic mass is 10.1. The molecule has 0 unspecified atom stereocenters. The molecule has 0 aliphatic heterocycles. The molecule has 0 bridgehead atoms. The zero-order valence-corrected chi connectivity index (χ0v) is 14.7. The number of rotatable bonds is 6. The minimum Gasteiger partial charge on any atom is -0.493 e. The predicted octanol–water partition coefficient (Wildman–Crippen LogP) is 4.22. The van der Waals surface area contributed by atoms with Crippen LogP contribution in [0.15, 0.2) is 72.8 Å². The van der Waals surface area contributed by atoms with E-state index in [1.165, 1.54) is 19.2 Å². The highest BCUT2D eigenvalue weighted by molar-refractivity contribution is 5.76. The lowest BCUT2D eigenvalue weighted by molar-refractivity contribution is -0.136. The molecule has 3 rings (SSSR count). The molecule has 5 nitrogen and oxygen atoms in total. The fourth-order valence-corrected chi connectivity index (χ4v) is 2.56. The number of esters is 1. The molecule has 0 amide bonds. The number of ether oxygens (including phenoxy) is 3. The Morgan fingerprint density at radius 1 is 0.926 bits per heavy atom. The highest BCUT2D eigenvalue weighted by atomic mass is 16.6. The van der Waals surface area contributed by atoms with Gasteiger partial charge in [-0.2, -0.15) is 5.26 Å². The van der Waals surface area contributed by atoms with Gasteiger partial charge in [0.2, 0.25) is 0 Å². The maximum absolute atomic E-state index is 12.2. The average Bonchev–Trinajstić information content (AvgIpc) is 2.73. The SMILES string of the molecule is COc1cc(C#N)ccc1OC(=O)COc1ccccc1-c1ccccc1. The van der Waals surface area contributed by atoms with E-state index in [9.17, 15) is 4.79 Å². The number of carbonyl (C=O) groups excluding carboxylic acids is 1. The summed E-state index contributed by atoms with van der Waals surface area (Å²) in [5.41, 5.74) is 2.30. The number of para-hydroxylation sites is 1. The summed E-state index contributed by atoms with van der Waals surface area (Å²) in [5, 5.41) is 8.93. The Kier molecular flexibility index (Phi) is 5.70. The van der Waals surface area contributed by atoms with Crippen molar-refractivity contribution < 1.29 is 19.0 Å². The van der Waals surface area contributed by atoms with Crippen molar-refractivity contribution in [1.29, 1.82) is 5.26 Å². The molecule has 0 aliphatic carbocycles. The van der Waals surface area contributed by atoms with Crippen LogP contribution in [0.1, 0.15) is 5.56 Å². The third-order valence-electron chi connectivity index (χ3n) is 3.83. The first kappa shape index (κ1) is 18.0. The molecule has 0 heterocycles. The highest BCUT2D eigenvalue weighted by Gasteiger charge is 2.13. The molecule has 0 fully saturated rings. The Hall–Kier alpha value is -3.78. The summed E-state index contributed by atoms with van der Waals surface area (Å²) in [6, 6.07) is 23.8. The van der Waals surface area contributed by atoms with Gasteiger partial charge in [0.15, 0.2) is 18.1 Å². The Balaban J connectivity index is 1.70. The second-order valence-electron chi connectivity index (χ2n) is 5.60. The minimum absolute atomic E-state index is 0.237. The van der Waals surface area contributed by atoms with Crippen molar-refractivity contribution in [2.24, 2.45) is 0 Å². The molecular weight excluding hydrogens is 342 g/mol. The molecule has 0 spiro atoms. The molecule has 0 radical (unpaired) electrons. The number of hydrogen-bond acceptors (Lipinski definition) is 5. The largest absolute Gasteiger partial charge is 0.493 e. The van der Waals surface area contributed by atoms with Gasteiger partial charge in [-0.15, -0.1) is 0 Å². The van der Waals surface area contributed by atoms with Crippen molar-refractivity contribution >= 4 is 5.97 Å². The Morgan fingerprint density at radius 3 is 2.41 bits per heavy atom. The topological polar surface area (TPSA) is 68.5 Å². The first-order valence-corrected chi connectivity index (χ1v) is 8.27. The monoisotopic (exact) mass is 359 g/mol. The van der Waals surface area contributed by atoms with E-state index in [0.717, 1.165) is 11.1 Å². The first-order chi connectivity index (χ1) is 13.2. The van der Waals surface area contributed by atoms with Crippen LogP contribution in [-0.4, -0.2) is 19.7 Å². The predicted molar refractivity (Wildman–Crippen MR) is 101 cm³/mol. The lowest BCUT2D eigenvalue weighted by Crippen LogP contribution is -2.18. The van der Waals surface area contributed by atoms with E-state index in [0.29, 0.717) is 17.1 Å². The number of nitriles is 1. The standard InChI is InChI=1S/C22H17NO4/c1-25-21-13-16(14-23)11-12-20(21)27-22(24)15-26-19-10-6-5-9-18(19)17-7-3-2-4-8-17/h2-13H,15H2,1H3. The van der Waals surface area contributed by atoms with E-state index >= 15 is 0 Å². The van der Waals surface area contributed by atoms with Crippen LogP contribution in [0, 0.1) is 11.3 Å². The summed E-state index contributed by atoms with van der Waals surface area (Å²) in [7, 11) is 1.44. The zero-order valence-electron chi connectivity index (χ0n) is 14.7. The van der Waals surface area contributed by atoms with Crippen molar-refractivity contribution in [2.45, 2.75) is 0 Å². The molecule has 0 aromatic heterocycles. The highest BCUT2D eigenvalue weighted by Crippen LogP contribution is 2.30. The van der Waals surface area contributed by atoms with Gasteiger partial charge >= 0.3 is 5.97 Å². The second kappa shape index (κ2) is 8.54. The quantitative estimate of drug-likeness (QED) is 0.487. The lowest BCUT2D eigenvalue weighted by Gasteiger charge is -2.12. The van der Waals surface area contributed by atoms with Crippen LogP contribution in [-0.2, 0) is 4.79 Å². The van der Waals surface area contributed by atoms with Crippen molar-refractivity contribution in [1.82, 2.24) is 0 Å². The summed E-state index contributed by atoms with van der Waals surface area (Å²) >= 11 is 0. The van der Waals surface area contributed by atoms with E-state index in [4.69, 9.17) is 19.5 Å². The number of nitrogens with zero attached hydrogens (tertiary/aromatic N) is 1. The molecule has 134 valence electrons. The molecule has 0 saturated carbocycles. The Morgan fingerprint density at radius 2 is 1.67 bits per heavy atom. The number of hydrogen-bond donors (Lipinski definition) is 0. The third kappa shape index (κ3) is 4.44. The number of methoxy groups -OCH3 is 1. The zero-order chi connectivity index (χ0) is 19.1. The van der Waals surface area contributed by atoms with Crippen LogP contribution in [0.25, 0.3) is 11.1 Å². The number of carbonyl (C=O) groups is 1. The molecular formula is C22H17NO4. The van der Waals surface area contributed by atoms with Crippen LogP contribution in [0.5, 0.6) is 17.2 Å². The smallest absolute Gasteiger partial charge is 0.349 e. The van der Waals surface area contributed by atoms with Crippen molar-refractivity contribution in [3.63, 3.8) is 0 Å². The van der Waals surface area contributed by atoms with E-state index in [1.807, 2.05) is 54.6 Å². The van der Waals surface area contributed by atoms with Crippen LogP contribution >= 0.6 is 0 Å². The van der Waals surface area contributed by atoms with Gasteiger partial charge in [-0.05, 0) is 23.8 Å². The summed E-state index contributed by atoms with van der Waals surface area (Å²) in [4.78, 5) is 12.2. The van der Waals surface area contributed by atoms with Crippen molar-refractivity contribution in [2.75, 3.05) is 13.7 Å². The van der Waals surface area contributed by atoms with Gasteiger partial charge in [-0.3, -0.25) is 0 Å². The summed E-state index contributed by atoms with van der Waals surface area (Å²) in [6.45, 7) is -0.257. The fourth-order valence-electron chi connectivity index (χ4n) is 2.56. The van der Waals surface area contributed by atoms with Crippen molar-refractivity contribution in [3.8, 4) is 34.4 Å². The van der Waals surface area contributed by atoms with Gasteiger partial charge in [0.25, 0.3) is 0 Å². The van der Waals surface area contributed by atoms with Crippen LogP contribution in [0.4, 0.5) is 0 Å². The molecule has 0 aliphatic rings. The Bertz CT molecular complexity index is 977. The molecule has 5 heteroatoms. The van der Waals surface area contributed by atoms with Gasteiger partial charge in [-0.1, -0.05) is 48.5 Å². The maximum atomic E-state index is 12.2. The third-order valence-corrected chi connectivity index (χ3v) is 3.83. The van der Waals surface area contributed by atoms with E-state index in [-0.39, 0.29) is 12.4 Å². The van der Waals surface area contributed by atoms with Gasteiger partial charge < -0.3 is 14.2 Å². The van der Waals surface area contributed by atoms with E-state index < -0.39 is 5.97 Å². The summed E-state index contributed by atoms with van der Waals surface area (Å²) < 4.78 is 16.1. The molecule has 0 atom stereocenters. The molecule has 3 aromatic carbocycles. The van der Waals surface area contributed by atoms with Gasteiger partial charge in [-0.25, -0.2) is 4.79 Å². The summed E-state index contributed by atoms with van der Waals surface area (Å²) in [5.74, 6) is 0.571. The van der Waals surface area contributed by atoms with E-state index in [1.54, 1.807) is 12.1 Å². The van der Waals surface area contributed by atoms with Crippen molar-refractivity contribution in [3.05, 3.63) is 78.4 Å². The minimum atomic E-state index is -0.569. The Labute approximate surface area is 157 Å². The van der Waals surface area contributed by atoms with Gasteiger partial charge in [0.1, 0.15) is 5.75 Å². The number of benzene rings is 3. The second-order valence-corrected chi connectivity index (χ2v) is 5.60. The molecule has 3 aromatic rings. The van der Waals surface area contributed by atoms with Crippen LogP contribution in [0.2, 0.25) is 0 Å². The molecule has 0 saturated heterocycles. The molecule has 0 N–H and O–H groups in total. The van der Waals surface area contributed by atoms with Crippen LogP contribution in [0.3, 0.4) is 0 Å². The fraction of sp³-hybridized carbons (Fsp3) is 0.0909. The summed E-state index contributed by atoms with van der Waals surface area (Å²) in [6.07, 6.45) is 0. The van der Waals surface area contributed by atoms with E-state index in [2.05, 4.69) is 0 Å². The normalized spacial score (nSPS) is 9.93. The molecule has 27 heavy (non-hydrogen) atoms. The first-order valence-electron chi connectivity index (χ1n) is 8.27.